The van der Waals surface area contributed by atoms with Crippen molar-refractivity contribution in [1.29, 1.82) is 0 Å². The maximum Gasteiger partial charge on any atom is 0.408 e. The zero-order valence-corrected chi connectivity index (χ0v) is 28.7. The normalized spacial score (nSPS) is 14.0. The molecule has 0 bridgehead atoms. The zero-order chi connectivity index (χ0) is 32.3. The van der Waals surface area contributed by atoms with Gasteiger partial charge < -0.3 is 25.4 Å². The van der Waals surface area contributed by atoms with Crippen molar-refractivity contribution in [2.24, 2.45) is 0 Å². The molecule has 0 aliphatic rings. The van der Waals surface area contributed by atoms with E-state index in [1.165, 1.54) is 77.0 Å². The monoisotopic (exact) mass is 615 g/mol. The van der Waals surface area contributed by atoms with Crippen LogP contribution >= 0.6 is 0 Å². The predicted molar refractivity (Wildman–Crippen MR) is 178 cm³/mol. The fourth-order valence-corrected chi connectivity index (χ4v) is 5.45. The van der Waals surface area contributed by atoms with E-state index >= 15 is 0 Å². The number of carbonyl (C=O) groups excluding carboxylic acids is 1. The summed E-state index contributed by atoms with van der Waals surface area (Å²) in [4.78, 5) is 25.9. The van der Waals surface area contributed by atoms with Gasteiger partial charge in [-0.3, -0.25) is 4.90 Å². The number of ether oxygens (including phenoxy) is 1. The molecule has 256 valence electrons. The molecule has 0 heterocycles. The molecule has 4 N–H and O–H groups in total. The SMILES string of the molecule is CCCCCCCCCCC(O)CN(CCCCC(NC(=O)OC(C)(C)C)C(=O)O)CC(O)CCCCCCCCCC. The van der Waals surface area contributed by atoms with Crippen molar-refractivity contribution in [3.8, 4) is 0 Å². The van der Waals surface area contributed by atoms with Crippen LogP contribution in [0.1, 0.15) is 169 Å². The Morgan fingerprint density at radius 1 is 0.651 bits per heavy atom. The number of carboxylic acid groups (broad SMARTS) is 1. The first-order valence-electron chi connectivity index (χ1n) is 17.8. The van der Waals surface area contributed by atoms with Gasteiger partial charge in [-0.1, -0.05) is 117 Å². The molecular weight excluding hydrogens is 544 g/mol. The first-order valence-corrected chi connectivity index (χ1v) is 17.8. The topological polar surface area (TPSA) is 119 Å². The quantitative estimate of drug-likeness (QED) is 0.0627. The van der Waals surface area contributed by atoms with Gasteiger partial charge in [0.15, 0.2) is 0 Å². The fraction of sp³-hybridized carbons (Fsp3) is 0.943. The molecule has 0 rings (SSSR count). The van der Waals surface area contributed by atoms with E-state index in [9.17, 15) is 24.9 Å². The van der Waals surface area contributed by atoms with Crippen LogP contribution in [0, 0.1) is 0 Å². The van der Waals surface area contributed by atoms with Crippen LogP contribution in [0.3, 0.4) is 0 Å². The van der Waals surface area contributed by atoms with Gasteiger partial charge in [-0.15, -0.1) is 0 Å². The number of amides is 1. The third-order valence-corrected chi connectivity index (χ3v) is 7.93. The number of hydrogen-bond acceptors (Lipinski definition) is 6. The summed E-state index contributed by atoms with van der Waals surface area (Å²) in [6.45, 7) is 11.4. The van der Waals surface area contributed by atoms with E-state index in [4.69, 9.17) is 4.74 Å². The smallest absolute Gasteiger partial charge is 0.408 e. The Labute approximate surface area is 264 Å². The van der Waals surface area contributed by atoms with Crippen LogP contribution in [0.2, 0.25) is 0 Å². The second-order valence-electron chi connectivity index (χ2n) is 13.6. The molecule has 0 aromatic heterocycles. The third-order valence-electron chi connectivity index (χ3n) is 7.93. The van der Waals surface area contributed by atoms with Gasteiger partial charge in [0, 0.05) is 13.1 Å². The van der Waals surface area contributed by atoms with Gasteiger partial charge in [0.05, 0.1) is 12.2 Å². The zero-order valence-electron chi connectivity index (χ0n) is 28.7. The van der Waals surface area contributed by atoms with Crippen molar-refractivity contribution >= 4 is 12.1 Å². The lowest BCUT2D eigenvalue weighted by atomic mass is 10.0. The molecule has 43 heavy (non-hydrogen) atoms. The minimum Gasteiger partial charge on any atom is -0.480 e. The number of carbonyl (C=O) groups is 2. The number of hydrogen-bond donors (Lipinski definition) is 4. The molecule has 0 saturated carbocycles. The van der Waals surface area contributed by atoms with Crippen molar-refractivity contribution in [3.05, 3.63) is 0 Å². The Kier molecular flexibility index (Phi) is 26.1. The van der Waals surface area contributed by atoms with Gasteiger partial charge in [-0.25, -0.2) is 9.59 Å². The van der Waals surface area contributed by atoms with Crippen LogP contribution in [-0.4, -0.2) is 75.8 Å². The van der Waals surface area contributed by atoms with Gasteiger partial charge in [-0.2, -0.15) is 0 Å². The second kappa shape index (κ2) is 27.0. The van der Waals surface area contributed by atoms with E-state index < -0.39 is 35.9 Å². The minimum atomic E-state index is -1.08. The summed E-state index contributed by atoms with van der Waals surface area (Å²) in [7, 11) is 0. The summed E-state index contributed by atoms with van der Waals surface area (Å²) in [6, 6.07) is -1.01. The van der Waals surface area contributed by atoms with Crippen molar-refractivity contribution in [2.75, 3.05) is 19.6 Å². The summed E-state index contributed by atoms with van der Waals surface area (Å²) in [5.74, 6) is -1.08. The summed E-state index contributed by atoms with van der Waals surface area (Å²) in [5.41, 5.74) is -0.696. The molecule has 0 aliphatic carbocycles. The summed E-state index contributed by atoms with van der Waals surface area (Å²) < 4.78 is 5.21. The molecule has 8 nitrogen and oxygen atoms in total. The number of nitrogens with one attached hydrogen (secondary N) is 1. The first kappa shape index (κ1) is 41.6. The predicted octanol–water partition coefficient (Wildman–Crippen LogP) is 8.22. The maximum atomic E-state index is 12.1. The van der Waals surface area contributed by atoms with Crippen molar-refractivity contribution in [3.63, 3.8) is 0 Å². The minimum absolute atomic E-state index is 0.296. The molecule has 3 unspecified atom stereocenters. The average molecular weight is 615 g/mol. The Morgan fingerprint density at radius 3 is 1.44 bits per heavy atom. The van der Waals surface area contributed by atoms with Crippen LogP contribution in [0.25, 0.3) is 0 Å². The fourth-order valence-electron chi connectivity index (χ4n) is 5.45. The van der Waals surface area contributed by atoms with E-state index in [1.807, 2.05) is 0 Å². The lowest BCUT2D eigenvalue weighted by Gasteiger charge is -2.28. The molecule has 0 spiro atoms. The van der Waals surface area contributed by atoms with Crippen molar-refractivity contribution < 1.29 is 29.6 Å². The van der Waals surface area contributed by atoms with E-state index in [0.717, 1.165) is 44.9 Å². The van der Waals surface area contributed by atoms with Gasteiger partial charge in [0.25, 0.3) is 0 Å². The molecule has 0 saturated heterocycles. The van der Waals surface area contributed by atoms with Gasteiger partial charge in [0.2, 0.25) is 0 Å². The number of aliphatic carboxylic acids is 1. The number of alkyl carbamates (subject to hydrolysis) is 1. The van der Waals surface area contributed by atoms with Crippen molar-refractivity contribution in [2.45, 2.75) is 193 Å². The van der Waals surface area contributed by atoms with Crippen LogP contribution in [-0.2, 0) is 9.53 Å². The van der Waals surface area contributed by atoms with Gasteiger partial charge >= 0.3 is 12.1 Å². The van der Waals surface area contributed by atoms with E-state index in [-0.39, 0.29) is 0 Å². The van der Waals surface area contributed by atoms with Crippen LogP contribution in [0.4, 0.5) is 4.79 Å². The van der Waals surface area contributed by atoms with E-state index in [0.29, 0.717) is 32.5 Å². The van der Waals surface area contributed by atoms with Gasteiger partial charge in [0.1, 0.15) is 11.6 Å². The highest BCUT2D eigenvalue weighted by molar-refractivity contribution is 5.79. The lowest BCUT2D eigenvalue weighted by Crippen LogP contribution is -2.43. The number of aliphatic hydroxyl groups is 2. The van der Waals surface area contributed by atoms with Crippen molar-refractivity contribution in [1.82, 2.24) is 10.2 Å². The van der Waals surface area contributed by atoms with Crippen LogP contribution in [0.15, 0.2) is 0 Å². The van der Waals surface area contributed by atoms with E-state index in [2.05, 4.69) is 24.1 Å². The lowest BCUT2D eigenvalue weighted by molar-refractivity contribution is -0.139. The Bertz CT molecular complexity index is 641. The Morgan fingerprint density at radius 2 is 1.05 bits per heavy atom. The average Bonchev–Trinajstić information content (AvgIpc) is 2.92. The van der Waals surface area contributed by atoms with Crippen LogP contribution in [0.5, 0.6) is 0 Å². The highest BCUT2D eigenvalue weighted by atomic mass is 16.6. The highest BCUT2D eigenvalue weighted by Gasteiger charge is 2.24. The molecule has 1 amide bonds. The summed E-state index contributed by atoms with van der Waals surface area (Å²) in [5, 5.41) is 33.6. The van der Waals surface area contributed by atoms with Gasteiger partial charge in [-0.05, 0) is 59.4 Å². The molecule has 8 heteroatoms. The molecular formula is C35H70N2O6. The van der Waals surface area contributed by atoms with Crippen LogP contribution < -0.4 is 5.32 Å². The first-order chi connectivity index (χ1) is 20.5. The molecule has 3 atom stereocenters. The molecule has 0 fully saturated rings. The highest BCUT2D eigenvalue weighted by Crippen LogP contribution is 2.15. The molecule has 0 radical (unpaired) electrons. The number of rotatable bonds is 29. The molecule has 0 aromatic carbocycles. The largest absolute Gasteiger partial charge is 0.480 e. The standard InChI is InChI=1S/C35H70N2O6/c1-6-8-10-12-14-16-18-20-24-30(38)28-37(29-31(39)25-21-19-17-15-13-11-9-7-2)27-23-22-26-32(33(40)41)36-34(42)43-35(3,4)5/h30-32,38-39H,6-29H2,1-5H3,(H,36,42)(H,40,41). The third kappa shape index (κ3) is 27.9. The molecule has 0 aliphatic heterocycles. The number of aliphatic hydroxyl groups excluding tert-OH is 2. The number of nitrogens with zero attached hydrogens (tertiary/aromatic N) is 1. The Hall–Kier alpha value is -1.38. The summed E-state index contributed by atoms with van der Waals surface area (Å²) in [6.07, 6.45) is 21.3. The summed E-state index contributed by atoms with van der Waals surface area (Å²) >= 11 is 0. The Balaban J connectivity index is 4.67. The number of unbranched alkanes of at least 4 members (excludes halogenated alkanes) is 15. The van der Waals surface area contributed by atoms with E-state index in [1.54, 1.807) is 20.8 Å². The molecule has 0 aromatic rings. The maximum absolute atomic E-state index is 12.1. The second-order valence-corrected chi connectivity index (χ2v) is 13.6. The number of carboxylic acids is 1.